The number of pyridine rings is 1. The van der Waals surface area contributed by atoms with Crippen LogP contribution in [0.4, 0.5) is 0 Å². The molecule has 1 unspecified atom stereocenters. The number of amides is 1. The highest BCUT2D eigenvalue weighted by Crippen LogP contribution is 2.22. The zero-order valence-electron chi connectivity index (χ0n) is 14.1. The third kappa shape index (κ3) is 3.91. The summed E-state index contributed by atoms with van der Waals surface area (Å²) in [7, 11) is 0. The molecular weight excluding hydrogens is 336 g/mol. The van der Waals surface area contributed by atoms with Crippen LogP contribution < -0.4 is 10.1 Å². The van der Waals surface area contributed by atoms with E-state index < -0.39 is 0 Å². The number of para-hydroxylation sites is 1. The van der Waals surface area contributed by atoms with Crippen LogP contribution in [0.2, 0.25) is 5.15 Å². The van der Waals surface area contributed by atoms with Gasteiger partial charge in [-0.2, -0.15) is 0 Å². The molecule has 0 aliphatic heterocycles. The molecular formula is C20H19ClN2O2. The van der Waals surface area contributed by atoms with Gasteiger partial charge in [0.2, 0.25) is 0 Å². The zero-order valence-corrected chi connectivity index (χ0v) is 14.9. The molecule has 1 aromatic heterocycles. The van der Waals surface area contributed by atoms with E-state index in [2.05, 4.69) is 10.3 Å². The van der Waals surface area contributed by atoms with Crippen molar-refractivity contribution in [2.45, 2.75) is 19.9 Å². The van der Waals surface area contributed by atoms with Gasteiger partial charge in [-0.05, 0) is 43.7 Å². The van der Waals surface area contributed by atoms with Gasteiger partial charge in [-0.3, -0.25) is 4.79 Å². The van der Waals surface area contributed by atoms with E-state index in [4.69, 9.17) is 16.3 Å². The Kier molecular flexibility index (Phi) is 5.19. The maximum Gasteiger partial charge on any atom is 0.252 e. The average molecular weight is 355 g/mol. The highest BCUT2D eigenvalue weighted by Gasteiger charge is 2.15. The Morgan fingerprint density at radius 3 is 2.64 bits per heavy atom. The van der Waals surface area contributed by atoms with Gasteiger partial charge in [0, 0.05) is 5.39 Å². The van der Waals surface area contributed by atoms with Crippen molar-refractivity contribution >= 4 is 28.4 Å². The van der Waals surface area contributed by atoms with Crippen molar-refractivity contribution in [3.05, 3.63) is 70.9 Å². The van der Waals surface area contributed by atoms with E-state index in [9.17, 15) is 4.79 Å². The number of aromatic nitrogens is 1. The number of nitrogens with zero attached hydrogens (tertiary/aromatic N) is 1. The third-order valence-electron chi connectivity index (χ3n) is 3.97. The molecule has 0 aliphatic carbocycles. The third-order valence-corrected chi connectivity index (χ3v) is 4.16. The lowest BCUT2D eigenvalue weighted by atomic mass is 10.1. The molecule has 3 rings (SSSR count). The molecule has 25 heavy (non-hydrogen) atoms. The maximum absolute atomic E-state index is 12.7. The number of halogens is 1. The van der Waals surface area contributed by atoms with Gasteiger partial charge in [0.05, 0.1) is 23.7 Å². The smallest absolute Gasteiger partial charge is 0.252 e. The molecule has 2 aromatic carbocycles. The van der Waals surface area contributed by atoms with E-state index >= 15 is 0 Å². The van der Waals surface area contributed by atoms with Crippen LogP contribution in [0.3, 0.4) is 0 Å². The van der Waals surface area contributed by atoms with Crippen molar-refractivity contribution < 1.29 is 9.53 Å². The normalized spacial score (nSPS) is 12.0. The lowest BCUT2D eigenvalue weighted by Gasteiger charge is -2.16. The number of hydrogen-bond acceptors (Lipinski definition) is 3. The van der Waals surface area contributed by atoms with Crippen LogP contribution in [0, 0.1) is 0 Å². The maximum atomic E-state index is 12.7. The van der Waals surface area contributed by atoms with Gasteiger partial charge < -0.3 is 10.1 Å². The van der Waals surface area contributed by atoms with E-state index in [-0.39, 0.29) is 11.9 Å². The van der Waals surface area contributed by atoms with Crippen molar-refractivity contribution in [3.63, 3.8) is 0 Å². The summed E-state index contributed by atoms with van der Waals surface area (Å²) in [6, 6.07) is 16.6. The summed E-state index contributed by atoms with van der Waals surface area (Å²) in [5, 5.41) is 4.10. The van der Waals surface area contributed by atoms with E-state index in [1.807, 2.05) is 62.4 Å². The molecule has 0 aliphatic rings. The molecule has 0 saturated heterocycles. The number of fused-ring (bicyclic) bond motifs is 1. The minimum absolute atomic E-state index is 0.145. The van der Waals surface area contributed by atoms with Crippen LogP contribution in [0.5, 0.6) is 5.75 Å². The highest BCUT2D eigenvalue weighted by molar-refractivity contribution is 6.30. The van der Waals surface area contributed by atoms with Crippen molar-refractivity contribution in [3.8, 4) is 5.75 Å². The molecule has 5 heteroatoms. The molecule has 128 valence electrons. The number of carbonyl (C=O) groups excluding carboxylic acids is 1. The van der Waals surface area contributed by atoms with Gasteiger partial charge in [0.15, 0.2) is 0 Å². The van der Waals surface area contributed by atoms with E-state index in [1.165, 1.54) is 0 Å². The van der Waals surface area contributed by atoms with E-state index in [0.29, 0.717) is 22.8 Å². The van der Waals surface area contributed by atoms with Crippen molar-refractivity contribution in [1.82, 2.24) is 10.3 Å². The lowest BCUT2D eigenvalue weighted by Crippen LogP contribution is -2.27. The number of rotatable bonds is 5. The average Bonchev–Trinajstić information content (AvgIpc) is 2.61. The molecule has 0 radical (unpaired) electrons. The Morgan fingerprint density at radius 2 is 1.92 bits per heavy atom. The number of nitrogens with one attached hydrogen (secondary N) is 1. The first kappa shape index (κ1) is 17.2. The molecule has 3 aromatic rings. The van der Waals surface area contributed by atoms with Gasteiger partial charge in [-0.15, -0.1) is 0 Å². The summed E-state index contributed by atoms with van der Waals surface area (Å²) in [6.45, 7) is 4.51. The van der Waals surface area contributed by atoms with Crippen LogP contribution in [-0.4, -0.2) is 17.5 Å². The molecule has 0 bridgehead atoms. The fourth-order valence-electron chi connectivity index (χ4n) is 2.71. The Morgan fingerprint density at radius 1 is 1.20 bits per heavy atom. The number of ether oxygens (including phenoxy) is 1. The van der Waals surface area contributed by atoms with E-state index in [1.54, 1.807) is 6.07 Å². The first-order chi connectivity index (χ1) is 12.1. The van der Waals surface area contributed by atoms with Crippen LogP contribution >= 0.6 is 11.6 Å². The molecule has 0 spiro atoms. The summed E-state index contributed by atoms with van der Waals surface area (Å²) in [6.07, 6.45) is 0. The molecule has 1 N–H and O–H groups in total. The molecule has 0 saturated carbocycles. The Bertz CT molecular complexity index is 894. The van der Waals surface area contributed by atoms with Crippen molar-refractivity contribution in [1.29, 1.82) is 0 Å². The first-order valence-corrected chi connectivity index (χ1v) is 8.55. The number of benzene rings is 2. The van der Waals surface area contributed by atoms with Crippen molar-refractivity contribution in [2.24, 2.45) is 0 Å². The predicted molar refractivity (Wildman–Crippen MR) is 100 cm³/mol. The second-order valence-electron chi connectivity index (χ2n) is 5.71. The van der Waals surface area contributed by atoms with Gasteiger partial charge >= 0.3 is 0 Å². The largest absolute Gasteiger partial charge is 0.494 e. The molecule has 1 atom stereocenters. The highest BCUT2D eigenvalue weighted by atomic mass is 35.5. The Hall–Kier alpha value is -2.59. The lowest BCUT2D eigenvalue weighted by molar-refractivity contribution is 0.0941. The Balaban J connectivity index is 1.82. The summed E-state index contributed by atoms with van der Waals surface area (Å²) in [5.41, 5.74) is 2.23. The molecule has 1 amide bonds. The summed E-state index contributed by atoms with van der Waals surface area (Å²) in [4.78, 5) is 17.0. The molecule has 1 heterocycles. The molecule has 4 nitrogen and oxygen atoms in total. The van der Waals surface area contributed by atoms with Crippen LogP contribution in [0.15, 0.2) is 54.6 Å². The fraction of sp³-hybridized carbons (Fsp3) is 0.200. The van der Waals surface area contributed by atoms with Gasteiger partial charge in [0.25, 0.3) is 5.91 Å². The topological polar surface area (TPSA) is 51.2 Å². The number of carbonyl (C=O) groups is 1. The van der Waals surface area contributed by atoms with Gasteiger partial charge in [0.1, 0.15) is 10.9 Å². The van der Waals surface area contributed by atoms with Crippen LogP contribution in [0.25, 0.3) is 10.9 Å². The fourth-order valence-corrected chi connectivity index (χ4v) is 2.91. The summed E-state index contributed by atoms with van der Waals surface area (Å²) in [5.74, 6) is 0.638. The Labute approximate surface area is 151 Å². The van der Waals surface area contributed by atoms with Crippen LogP contribution in [0.1, 0.15) is 35.8 Å². The quantitative estimate of drug-likeness (QED) is 0.671. The minimum atomic E-state index is -0.179. The van der Waals surface area contributed by atoms with Crippen LogP contribution in [-0.2, 0) is 0 Å². The monoisotopic (exact) mass is 354 g/mol. The molecule has 0 fully saturated rings. The minimum Gasteiger partial charge on any atom is -0.494 e. The number of hydrogen-bond donors (Lipinski definition) is 1. The second-order valence-corrected chi connectivity index (χ2v) is 6.09. The van der Waals surface area contributed by atoms with Gasteiger partial charge in [-0.1, -0.05) is 41.9 Å². The summed E-state index contributed by atoms with van der Waals surface area (Å²) >= 11 is 6.06. The van der Waals surface area contributed by atoms with E-state index in [0.717, 1.165) is 16.7 Å². The first-order valence-electron chi connectivity index (χ1n) is 8.17. The SMILES string of the molecule is CCOc1ccc(C(C)NC(=O)c2cc(Cl)nc3ccccc23)cc1. The standard InChI is InChI=1S/C20H19ClN2O2/c1-3-25-15-10-8-14(9-11-15)13(2)22-20(24)17-12-19(21)23-18-7-5-4-6-16(17)18/h4-13H,3H2,1-2H3,(H,22,24). The summed E-state index contributed by atoms with van der Waals surface area (Å²) < 4.78 is 5.44. The van der Waals surface area contributed by atoms with Crippen molar-refractivity contribution in [2.75, 3.05) is 6.61 Å². The zero-order chi connectivity index (χ0) is 17.8. The predicted octanol–water partition coefficient (Wildman–Crippen LogP) is 4.78. The van der Waals surface area contributed by atoms with Gasteiger partial charge in [-0.25, -0.2) is 4.98 Å². The second kappa shape index (κ2) is 7.53.